The number of primary amides is 1. The molecule has 0 fully saturated rings. The molecule has 0 atom stereocenters. The van der Waals surface area contributed by atoms with E-state index < -0.39 is 17.6 Å². The lowest BCUT2D eigenvalue weighted by molar-refractivity contribution is 0.0984. The molecular weight excluding hydrogens is 416 g/mol. The third-order valence-electron chi connectivity index (χ3n) is 4.41. The first-order valence-corrected chi connectivity index (χ1v) is 9.24. The van der Waals surface area contributed by atoms with Gasteiger partial charge in [-0.3, -0.25) is 14.5 Å². The van der Waals surface area contributed by atoms with Gasteiger partial charge in [0, 0.05) is 35.0 Å². The fourth-order valence-electron chi connectivity index (χ4n) is 2.93. The third-order valence-corrected chi connectivity index (χ3v) is 5.06. The molecule has 0 spiro atoms. The lowest BCUT2D eigenvalue weighted by atomic mass is 10.0. The van der Waals surface area contributed by atoms with Crippen LogP contribution in [0.1, 0.15) is 26.3 Å². The van der Waals surface area contributed by atoms with Gasteiger partial charge in [0.1, 0.15) is 11.6 Å². The lowest BCUT2D eigenvalue weighted by Crippen LogP contribution is -2.29. The molecule has 8 heteroatoms. The molecule has 0 unspecified atom stereocenters. The van der Waals surface area contributed by atoms with Crippen LogP contribution in [-0.4, -0.2) is 23.8 Å². The normalized spacial score (nSPS) is 10.7. The average Bonchev–Trinajstić information content (AvgIpc) is 2.67. The van der Waals surface area contributed by atoms with Crippen LogP contribution in [0.3, 0.4) is 0 Å². The van der Waals surface area contributed by atoms with Gasteiger partial charge in [0.15, 0.2) is 0 Å². The fourth-order valence-corrected chi connectivity index (χ4v) is 3.40. The van der Waals surface area contributed by atoms with Gasteiger partial charge in [-0.2, -0.15) is 0 Å². The number of aryl methyl sites for hydroxylation is 1. The van der Waals surface area contributed by atoms with Gasteiger partial charge in [0.25, 0.3) is 5.91 Å². The SMILES string of the molecule is Cc1cc(-c2cc(C(N)=O)ccc2Cl)cnc1N(C)C(=O)c1c(F)cccc1Cl. The second kappa shape index (κ2) is 8.19. The molecule has 2 aromatic carbocycles. The molecule has 0 saturated heterocycles. The molecule has 0 aliphatic carbocycles. The first kappa shape index (κ1) is 20.8. The summed E-state index contributed by atoms with van der Waals surface area (Å²) in [6.45, 7) is 1.75. The molecule has 1 aromatic heterocycles. The van der Waals surface area contributed by atoms with Crippen molar-refractivity contribution in [1.29, 1.82) is 0 Å². The summed E-state index contributed by atoms with van der Waals surface area (Å²) in [6, 6.07) is 10.5. The minimum absolute atomic E-state index is 0.0196. The zero-order valence-corrected chi connectivity index (χ0v) is 17.1. The molecule has 29 heavy (non-hydrogen) atoms. The van der Waals surface area contributed by atoms with E-state index in [4.69, 9.17) is 28.9 Å². The van der Waals surface area contributed by atoms with Crippen LogP contribution in [0.5, 0.6) is 0 Å². The van der Waals surface area contributed by atoms with Crippen LogP contribution in [0.4, 0.5) is 10.2 Å². The number of anilines is 1. The molecule has 0 bridgehead atoms. The monoisotopic (exact) mass is 431 g/mol. The molecule has 1 heterocycles. The van der Waals surface area contributed by atoms with E-state index in [-0.39, 0.29) is 10.6 Å². The lowest BCUT2D eigenvalue weighted by Gasteiger charge is -2.20. The molecule has 3 rings (SSSR count). The van der Waals surface area contributed by atoms with Crippen molar-refractivity contribution in [3.63, 3.8) is 0 Å². The molecule has 148 valence electrons. The Hall–Kier alpha value is -2.96. The van der Waals surface area contributed by atoms with E-state index in [1.54, 1.807) is 25.1 Å². The Morgan fingerprint density at radius 3 is 2.45 bits per heavy atom. The van der Waals surface area contributed by atoms with Crippen LogP contribution in [0.25, 0.3) is 11.1 Å². The van der Waals surface area contributed by atoms with E-state index in [0.717, 1.165) is 0 Å². The number of carbonyl (C=O) groups excluding carboxylic acids is 2. The van der Waals surface area contributed by atoms with E-state index in [1.807, 2.05) is 0 Å². The van der Waals surface area contributed by atoms with Crippen molar-refractivity contribution in [2.24, 2.45) is 5.73 Å². The smallest absolute Gasteiger partial charge is 0.263 e. The highest BCUT2D eigenvalue weighted by molar-refractivity contribution is 6.34. The van der Waals surface area contributed by atoms with Crippen molar-refractivity contribution in [2.75, 3.05) is 11.9 Å². The second-order valence-electron chi connectivity index (χ2n) is 6.38. The van der Waals surface area contributed by atoms with Crippen LogP contribution in [0.15, 0.2) is 48.7 Å². The molecule has 3 aromatic rings. The minimum atomic E-state index is -0.710. The summed E-state index contributed by atoms with van der Waals surface area (Å²) >= 11 is 12.3. The van der Waals surface area contributed by atoms with E-state index in [2.05, 4.69) is 4.98 Å². The van der Waals surface area contributed by atoms with Crippen molar-refractivity contribution >= 4 is 40.8 Å². The van der Waals surface area contributed by atoms with E-state index in [9.17, 15) is 14.0 Å². The number of pyridine rings is 1. The highest BCUT2D eigenvalue weighted by atomic mass is 35.5. The van der Waals surface area contributed by atoms with E-state index in [0.29, 0.717) is 33.1 Å². The van der Waals surface area contributed by atoms with E-state index in [1.165, 1.54) is 42.4 Å². The highest BCUT2D eigenvalue weighted by Crippen LogP contribution is 2.31. The molecule has 2 N–H and O–H groups in total. The first-order valence-electron chi connectivity index (χ1n) is 8.49. The van der Waals surface area contributed by atoms with Crippen molar-refractivity contribution in [3.05, 3.63) is 81.2 Å². The Morgan fingerprint density at radius 2 is 1.83 bits per heavy atom. The third kappa shape index (κ3) is 4.09. The van der Waals surface area contributed by atoms with Gasteiger partial charge in [-0.25, -0.2) is 9.37 Å². The van der Waals surface area contributed by atoms with Gasteiger partial charge >= 0.3 is 0 Å². The van der Waals surface area contributed by atoms with Crippen molar-refractivity contribution in [1.82, 2.24) is 4.98 Å². The van der Waals surface area contributed by atoms with Crippen LogP contribution in [-0.2, 0) is 0 Å². The van der Waals surface area contributed by atoms with Crippen molar-refractivity contribution in [2.45, 2.75) is 6.92 Å². The number of hydrogen-bond acceptors (Lipinski definition) is 3. The Morgan fingerprint density at radius 1 is 1.10 bits per heavy atom. The quantitative estimate of drug-likeness (QED) is 0.639. The summed E-state index contributed by atoms with van der Waals surface area (Å²) in [5.41, 5.74) is 7.29. The summed E-state index contributed by atoms with van der Waals surface area (Å²) < 4.78 is 14.1. The topological polar surface area (TPSA) is 76.3 Å². The van der Waals surface area contributed by atoms with Gasteiger partial charge in [-0.05, 0) is 48.9 Å². The summed E-state index contributed by atoms with van der Waals surface area (Å²) in [6.07, 6.45) is 1.51. The number of halogens is 3. The number of carbonyl (C=O) groups is 2. The number of hydrogen-bond donors (Lipinski definition) is 1. The van der Waals surface area contributed by atoms with Gasteiger partial charge in [0.05, 0.1) is 10.6 Å². The number of rotatable bonds is 4. The van der Waals surface area contributed by atoms with Gasteiger partial charge in [-0.15, -0.1) is 0 Å². The van der Waals surface area contributed by atoms with Gasteiger partial charge < -0.3 is 5.73 Å². The Labute approximate surface area is 176 Å². The summed E-state index contributed by atoms with van der Waals surface area (Å²) in [7, 11) is 1.49. The first-order chi connectivity index (χ1) is 13.7. The fraction of sp³-hybridized carbons (Fsp3) is 0.0952. The molecule has 2 amide bonds. The van der Waals surface area contributed by atoms with E-state index >= 15 is 0 Å². The standard InChI is InChI=1S/C21H16Cl2FN3O2/c1-11-8-13(14-9-12(19(25)28)6-7-15(14)22)10-26-20(11)27(2)21(29)18-16(23)4-3-5-17(18)24/h3-10H,1-2H3,(H2,25,28). The molecule has 0 aliphatic heterocycles. The molecule has 0 radical (unpaired) electrons. The average molecular weight is 432 g/mol. The number of benzene rings is 2. The van der Waals surface area contributed by atoms with Crippen LogP contribution in [0.2, 0.25) is 10.0 Å². The van der Waals surface area contributed by atoms with Crippen molar-refractivity contribution < 1.29 is 14.0 Å². The minimum Gasteiger partial charge on any atom is -0.366 e. The summed E-state index contributed by atoms with van der Waals surface area (Å²) in [4.78, 5) is 29.8. The molecule has 5 nitrogen and oxygen atoms in total. The number of nitrogens with two attached hydrogens (primary N) is 1. The Kier molecular flexibility index (Phi) is 5.86. The number of nitrogens with zero attached hydrogens (tertiary/aromatic N) is 2. The maximum Gasteiger partial charge on any atom is 0.263 e. The van der Waals surface area contributed by atoms with Crippen LogP contribution < -0.4 is 10.6 Å². The van der Waals surface area contributed by atoms with Gasteiger partial charge in [-0.1, -0.05) is 29.3 Å². The second-order valence-corrected chi connectivity index (χ2v) is 7.20. The largest absolute Gasteiger partial charge is 0.366 e. The summed E-state index contributed by atoms with van der Waals surface area (Å²) in [5.74, 6) is -1.57. The van der Waals surface area contributed by atoms with Crippen molar-refractivity contribution in [3.8, 4) is 11.1 Å². The zero-order chi connectivity index (χ0) is 21.3. The number of amides is 2. The maximum absolute atomic E-state index is 14.1. The predicted octanol–water partition coefficient (Wildman–Crippen LogP) is 4.88. The number of aromatic nitrogens is 1. The zero-order valence-electron chi connectivity index (χ0n) is 15.5. The van der Waals surface area contributed by atoms with Gasteiger partial charge in [0.2, 0.25) is 5.91 Å². The maximum atomic E-state index is 14.1. The Bertz CT molecular complexity index is 1110. The summed E-state index contributed by atoms with van der Waals surface area (Å²) in [5, 5.41) is 0.442. The molecule has 0 saturated carbocycles. The van der Waals surface area contributed by atoms with Crippen LogP contribution in [0, 0.1) is 12.7 Å². The Balaban J connectivity index is 1.99. The molecule has 0 aliphatic rings. The predicted molar refractivity (Wildman–Crippen MR) is 112 cm³/mol. The highest BCUT2D eigenvalue weighted by Gasteiger charge is 2.23. The van der Waals surface area contributed by atoms with Crippen LogP contribution >= 0.6 is 23.2 Å². The molecular formula is C21H16Cl2FN3O2.